The van der Waals surface area contributed by atoms with E-state index >= 15 is 0 Å². The quantitative estimate of drug-likeness (QED) is 0.626. The highest BCUT2D eigenvalue weighted by atomic mass is 19.4. The smallest absolute Gasteiger partial charge is 0.293 e. The number of hydrogen-bond donors (Lipinski definition) is 0. The summed E-state index contributed by atoms with van der Waals surface area (Å²) in [5.41, 5.74) is 0. The van der Waals surface area contributed by atoms with Gasteiger partial charge in [0.2, 0.25) is 0 Å². The van der Waals surface area contributed by atoms with Gasteiger partial charge in [0, 0.05) is 6.04 Å². The van der Waals surface area contributed by atoms with Crippen LogP contribution in [0.25, 0.3) is 0 Å². The fourth-order valence-corrected chi connectivity index (χ4v) is 0.890. The van der Waals surface area contributed by atoms with Gasteiger partial charge >= 0.3 is 6.18 Å². The summed E-state index contributed by atoms with van der Waals surface area (Å²) in [5, 5.41) is 0. The van der Waals surface area contributed by atoms with Crippen LogP contribution in [0.5, 0.6) is 0 Å². The summed E-state index contributed by atoms with van der Waals surface area (Å²) < 4.78 is 35.4. The lowest BCUT2D eigenvalue weighted by Crippen LogP contribution is -2.38. The maximum atomic E-state index is 11.8. The maximum absolute atomic E-state index is 11.8. The lowest BCUT2D eigenvalue weighted by molar-refractivity contribution is -0.149. The Morgan fingerprint density at radius 1 is 1.27 bits per heavy atom. The van der Waals surface area contributed by atoms with E-state index in [1.165, 1.54) is 4.90 Å². The molecule has 0 saturated carbocycles. The monoisotopic (exact) mass is 169 g/mol. The topological polar surface area (TPSA) is 3.24 Å². The van der Waals surface area contributed by atoms with Crippen LogP contribution < -0.4 is 0 Å². The first-order chi connectivity index (χ1) is 4.87. The number of rotatable bonds is 3. The number of alkyl halides is 3. The normalized spacial score (nSPS) is 13.1. The fraction of sp³-hybridized carbons (Fsp3) is 1.00. The van der Waals surface area contributed by atoms with E-state index in [1.807, 2.05) is 0 Å². The summed E-state index contributed by atoms with van der Waals surface area (Å²) in [6.07, 6.45) is -4.07. The Morgan fingerprint density at radius 2 is 1.73 bits per heavy atom. The van der Waals surface area contributed by atoms with E-state index in [0.717, 1.165) is 0 Å². The van der Waals surface area contributed by atoms with Gasteiger partial charge in [-0.15, -0.1) is 0 Å². The maximum Gasteiger partial charge on any atom is 0.401 e. The molecule has 0 atom stereocenters. The molecule has 0 radical (unpaired) electrons. The van der Waals surface area contributed by atoms with Gasteiger partial charge in [0.15, 0.2) is 0 Å². The molecule has 0 aromatic heterocycles. The second-order valence-corrected chi connectivity index (χ2v) is 2.77. The molecule has 11 heavy (non-hydrogen) atoms. The first-order valence-corrected chi connectivity index (χ1v) is 3.67. The van der Waals surface area contributed by atoms with Crippen LogP contribution >= 0.6 is 0 Å². The molecule has 0 saturated heterocycles. The van der Waals surface area contributed by atoms with Crippen LogP contribution in [0.1, 0.15) is 20.8 Å². The first kappa shape index (κ1) is 10.8. The van der Waals surface area contributed by atoms with Crippen LogP contribution in [0.2, 0.25) is 0 Å². The molecular formula is C7H14F3N. The predicted molar refractivity (Wildman–Crippen MR) is 38.4 cm³/mol. The number of halogens is 3. The van der Waals surface area contributed by atoms with Crippen LogP contribution in [0, 0.1) is 0 Å². The SMILES string of the molecule is CCN(CC(F)(F)F)C(C)C. The van der Waals surface area contributed by atoms with E-state index in [0.29, 0.717) is 6.54 Å². The molecule has 0 spiro atoms. The Bertz CT molecular complexity index is 109. The molecule has 0 aliphatic heterocycles. The fourth-order valence-electron chi connectivity index (χ4n) is 0.890. The molecule has 0 aliphatic rings. The van der Waals surface area contributed by atoms with Crippen molar-refractivity contribution in [2.24, 2.45) is 0 Å². The second-order valence-electron chi connectivity index (χ2n) is 2.77. The molecular weight excluding hydrogens is 155 g/mol. The second kappa shape index (κ2) is 3.95. The molecule has 0 N–H and O–H groups in total. The van der Waals surface area contributed by atoms with E-state index < -0.39 is 12.7 Å². The zero-order valence-electron chi connectivity index (χ0n) is 7.07. The molecule has 0 heterocycles. The molecule has 0 aromatic carbocycles. The van der Waals surface area contributed by atoms with Crippen molar-refractivity contribution < 1.29 is 13.2 Å². The average Bonchev–Trinajstić information content (AvgIpc) is 1.80. The molecule has 0 amide bonds. The Morgan fingerprint density at radius 3 is 1.82 bits per heavy atom. The first-order valence-electron chi connectivity index (χ1n) is 3.67. The summed E-state index contributed by atoms with van der Waals surface area (Å²) >= 11 is 0. The molecule has 0 aliphatic carbocycles. The minimum absolute atomic E-state index is 0.0402. The van der Waals surface area contributed by atoms with Gasteiger partial charge in [-0.05, 0) is 20.4 Å². The van der Waals surface area contributed by atoms with Crippen molar-refractivity contribution in [3.63, 3.8) is 0 Å². The average molecular weight is 169 g/mol. The minimum Gasteiger partial charge on any atom is -0.293 e. The summed E-state index contributed by atoms with van der Waals surface area (Å²) in [5.74, 6) is 0. The molecule has 1 nitrogen and oxygen atoms in total. The van der Waals surface area contributed by atoms with Crippen LogP contribution in [0.15, 0.2) is 0 Å². The molecule has 0 aromatic rings. The van der Waals surface area contributed by atoms with Gasteiger partial charge in [-0.3, -0.25) is 4.90 Å². The van der Waals surface area contributed by atoms with Gasteiger partial charge in [-0.25, -0.2) is 0 Å². The molecule has 0 bridgehead atoms. The van der Waals surface area contributed by atoms with Crippen molar-refractivity contribution in [2.75, 3.05) is 13.1 Å². The molecule has 4 heteroatoms. The third-order valence-corrected chi connectivity index (χ3v) is 1.52. The van der Waals surface area contributed by atoms with Gasteiger partial charge < -0.3 is 0 Å². The highest BCUT2D eigenvalue weighted by molar-refractivity contribution is 4.64. The Labute approximate surface area is 65.2 Å². The van der Waals surface area contributed by atoms with Gasteiger partial charge in [-0.1, -0.05) is 6.92 Å². The Kier molecular flexibility index (Phi) is 3.86. The lowest BCUT2D eigenvalue weighted by atomic mass is 10.3. The van der Waals surface area contributed by atoms with Gasteiger partial charge in [0.05, 0.1) is 6.54 Å². The highest BCUT2D eigenvalue weighted by Gasteiger charge is 2.30. The van der Waals surface area contributed by atoms with Crippen molar-refractivity contribution in [2.45, 2.75) is 33.0 Å². The third-order valence-electron chi connectivity index (χ3n) is 1.52. The molecule has 0 rings (SSSR count). The van der Waals surface area contributed by atoms with Gasteiger partial charge in [0.1, 0.15) is 0 Å². The lowest BCUT2D eigenvalue weighted by Gasteiger charge is -2.25. The van der Waals surface area contributed by atoms with E-state index in [9.17, 15) is 13.2 Å². The predicted octanol–water partition coefficient (Wildman–Crippen LogP) is 2.28. The summed E-state index contributed by atoms with van der Waals surface area (Å²) in [4.78, 5) is 1.38. The Hall–Kier alpha value is -0.250. The van der Waals surface area contributed by atoms with Crippen LogP contribution in [0.3, 0.4) is 0 Å². The zero-order valence-corrected chi connectivity index (χ0v) is 7.07. The summed E-state index contributed by atoms with van der Waals surface area (Å²) in [7, 11) is 0. The van der Waals surface area contributed by atoms with E-state index in [4.69, 9.17) is 0 Å². The van der Waals surface area contributed by atoms with Crippen LogP contribution in [-0.2, 0) is 0 Å². The van der Waals surface area contributed by atoms with Gasteiger partial charge in [0.25, 0.3) is 0 Å². The Balaban J connectivity index is 3.88. The van der Waals surface area contributed by atoms with E-state index in [-0.39, 0.29) is 6.04 Å². The standard InChI is InChI=1S/C7H14F3N/c1-4-11(6(2)3)5-7(8,9)10/h6H,4-5H2,1-3H3. The van der Waals surface area contributed by atoms with Crippen molar-refractivity contribution >= 4 is 0 Å². The summed E-state index contributed by atoms with van der Waals surface area (Å²) in [6, 6.07) is -0.0402. The molecule has 68 valence electrons. The largest absolute Gasteiger partial charge is 0.401 e. The van der Waals surface area contributed by atoms with Crippen molar-refractivity contribution in [1.29, 1.82) is 0 Å². The van der Waals surface area contributed by atoms with E-state index in [1.54, 1.807) is 20.8 Å². The van der Waals surface area contributed by atoms with Crippen LogP contribution in [0.4, 0.5) is 13.2 Å². The van der Waals surface area contributed by atoms with Gasteiger partial charge in [-0.2, -0.15) is 13.2 Å². The number of hydrogen-bond acceptors (Lipinski definition) is 1. The molecule has 0 unspecified atom stereocenters. The van der Waals surface area contributed by atoms with E-state index in [2.05, 4.69) is 0 Å². The third kappa shape index (κ3) is 5.07. The minimum atomic E-state index is -4.07. The zero-order chi connectivity index (χ0) is 9.07. The number of nitrogens with zero attached hydrogens (tertiary/aromatic N) is 1. The van der Waals surface area contributed by atoms with Crippen molar-refractivity contribution in [1.82, 2.24) is 4.90 Å². The van der Waals surface area contributed by atoms with Crippen LogP contribution in [-0.4, -0.2) is 30.2 Å². The molecule has 0 fully saturated rings. The highest BCUT2D eigenvalue weighted by Crippen LogP contribution is 2.17. The van der Waals surface area contributed by atoms with Crippen molar-refractivity contribution in [3.8, 4) is 0 Å². The summed E-state index contributed by atoms with van der Waals surface area (Å²) in [6.45, 7) is 4.88. The van der Waals surface area contributed by atoms with Crippen molar-refractivity contribution in [3.05, 3.63) is 0 Å².